The number of nitrogens with zero attached hydrogens (tertiary/aromatic N) is 1. The van der Waals surface area contributed by atoms with Gasteiger partial charge in [0.2, 0.25) is 5.91 Å². The number of aliphatic hydroxyl groups is 1. The van der Waals surface area contributed by atoms with Gasteiger partial charge in [0.05, 0.1) is 6.10 Å². The summed E-state index contributed by atoms with van der Waals surface area (Å²) in [5, 5.41) is 9.84. The van der Waals surface area contributed by atoms with E-state index in [9.17, 15) is 9.90 Å². The van der Waals surface area contributed by atoms with E-state index in [0.717, 1.165) is 19.3 Å². The van der Waals surface area contributed by atoms with Crippen LogP contribution in [0.4, 0.5) is 0 Å². The van der Waals surface area contributed by atoms with Gasteiger partial charge in [0.15, 0.2) is 0 Å². The van der Waals surface area contributed by atoms with Gasteiger partial charge in [-0.15, -0.1) is 0 Å². The summed E-state index contributed by atoms with van der Waals surface area (Å²) in [6.07, 6.45) is 2.79. The van der Waals surface area contributed by atoms with Gasteiger partial charge < -0.3 is 10.0 Å². The molecular formula is C16H23NO2. The highest BCUT2D eigenvalue weighted by atomic mass is 16.3. The number of aryl methyl sites for hydroxylation is 1. The largest absolute Gasteiger partial charge is 0.393 e. The van der Waals surface area contributed by atoms with Crippen molar-refractivity contribution in [1.82, 2.24) is 4.90 Å². The first kappa shape index (κ1) is 14.1. The summed E-state index contributed by atoms with van der Waals surface area (Å²) in [6, 6.07) is 10.1. The molecule has 1 aromatic rings. The van der Waals surface area contributed by atoms with E-state index in [0.29, 0.717) is 19.5 Å². The summed E-state index contributed by atoms with van der Waals surface area (Å²) in [6.45, 7) is 3.49. The van der Waals surface area contributed by atoms with Gasteiger partial charge >= 0.3 is 0 Å². The zero-order chi connectivity index (χ0) is 13.7. The minimum absolute atomic E-state index is 0.217. The Hall–Kier alpha value is -1.35. The normalized spacial score (nSPS) is 23.4. The van der Waals surface area contributed by atoms with E-state index in [1.807, 2.05) is 23.1 Å². The maximum Gasteiger partial charge on any atom is 0.222 e. The van der Waals surface area contributed by atoms with Crippen molar-refractivity contribution in [3.05, 3.63) is 35.9 Å². The Morgan fingerprint density at radius 3 is 2.79 bits per heavy atom. The molecule has 1 aliphatic rings. The van der Waals surface area contributed by atoms with Gasteiger partial charge in [-0.3, -0.25) is 4.79 Å². The van der Waals surface area contributed by atoms with Crippen LogP contribution in [-0.2, 0) is 11.2 Å². The van der Waals surface area contributed by atoms with Gasteiger partial charge in [0, 0.05) is 25.4 Å². The Morgan fingerprint density at radius 2 is 2.11 bits per heavy atom. The van der Waals surface area contributed by atoms with E-state index < -0.39 is 0 Å². The number of hydrogen-bond donors (Lipinski definition) is 1. The minimum atomic E-state index is -0.233. The fourth-order valence-corrected chi connectivity index (χ4v) is 2.70. The number of hydrogen-bond acceptors (Lipinski definition) is 2. The predicted octanol–water partition coefficient (Wildman–Crippen LogP) is 2.24. The summed E-state index contributed by atoms with van der Waals surface area (Å²) in [5.74, 6) is 0.462. The van der Waals surface area contributed by atoms with Crippen molar-refractivity contribution in [2.24, 2.45) is 5.92 Å². The summed E-state index contributed by atoms with van der Waals surface area (Å²) in [7, 11) is 0. The van der Waals surface area contributed by atoms with Crippen LogP contribution in [0.5, 0.6) is 0 Å². The number of piperidine rings is 1. The second-order valence-electron chi connectivity index (χ2n) is 5.35. The van der Waals surface area contributed by atoms with Crippen molar-refractivity contribution < 1.29 is 9.90 Å². The van der Waals surface area contributed by atoms with E-state index in [1.165, 1.54) is 5.56 Å². The molecular weight excluding hydrogens is 238 g/mol. The Morgan fingerprint density at radius 1 is 1.37 bits per heavy atom. The van der Waals surface area contributed by atoms with Crippen molar-refractivity contribution in [2.75, 3.05) is 13.1 Å². The van der Waals surface area contributed by atoms with Crippen LogP contribution in [0.2, 0.25) is 0 Å². The van der Waals surface area contributed by atoms with Gasteiger partial charge in [-0.2, -0.15) is 0 Å². The van der Waals surface area contributed by atoms with E-state index in [4.69, 9.17) is 0 Å². The molecule has 3 heteroatoms. The first-order valence-corrected chi connectivity index (χ1v) is 7.20. The van der Waals surface area contributed by atoms with Crippen molar-refractivity contribution in [3.8, 4) is 0 Å². The van der Waals surface area contributed by atoms with Crippen LogP contribution < -0.4 is 0 Å². The van der Waals surface area contributed by atoms with E-state index in [2.05, 4.69) is 19.1 Å². The third kappa shape index (κ3) is 3.80. The molecule has 1 saturated heterocycles. The minimum Gasteiger partial charge on any atom is -0.393 e. The molecule has 1 amide bonds. The number of aliphatic hydroxyl groups excluding tert-OH is 1. The van der Waals surface area contributed by atoms with Crippen molar-refractivity contribution in [2.45, 2.75) is 38.7 Å². The maximum atomic E-state index is 12.2. The molecule has 1 heterocycles. The summed E-state index contributed by atoms with van der Waals surface area (Å²) in [4.78, 5) is 14.1. The zero-order valence-corrected chi connectivity index (χ0v) is 11.6. The standard InChI is InChI=1S/C16H23NO2/c1-2-14-12-17(11-10-15(14)18)16(19)9-8-13-6-4-3-5-7-13/h3-7,14-15,18H,2,8-12H2,1H3. The SMILES string of the molecule is CCC1CN(C(=O)CCc2ccccc2)CCC1O. The molecule has 1 fully saturated rings. The highest BCUT2D eigenvalue weighted by Crippen LogP contribution is 2.20. The Bertz CT molecular complexity index is 404. The molecule has 1 aliphatic heterocycles. The van der Waals surface area contributed by atoms with Gasteiger partial charge in [0.25, 0.3) is 0 Å². The molecule has 104 valence electrons. The number of benzene rings is 1. The second kappa shape index (κ2) is 6.71. The van der Waals surface area contributed by atoms with E-state index in [-0.39, 0.29) is 17.9 Å². The number of carbonyl (C=O) groups is 1. The van der Waals surface area contributed by atoms with Gasteiger partial charge in [-0.05, 0) is 24.8 Å². The maximum absolute atomic E-state index is 12.2. The van der Waals surface area contributed by atoms with Crippen molar-refractivity contribution >= 4 is 5.91 Å². The number of likely N-dealkylation sites (tertiary alicyclic amines) is 1. The van der Waals surface area contributed by atoms with E-state index in [1.54, 1.807) is 0 Å². The molecule has 0 aromatic heterocycles. The molecule has 0 aliphatic carbocycles. The molecule has 2 unspecified atom stereocenters. The van der Waals surface area contributed by atoms with Crippen molar-refractivity contribution in [3.63, 3.8) is 0 Å². The number of amides is 1. The van der Waals surface area contributed by atoms with Gasteiger partial charge in [0.1, 0.15) is 0 Å². The van der Waals surface area contributed by atoms with Gasteiger partial charge in [-0.25, -0.2) is 0 Å². The van der Waals surface area contributed by atoms with E-state index >= 15 is 0 Å². The third-order valence-electron chi connectivity index (χ3n) is 4.04. The van der Waals surface area contributed by atoms with Crippen LogP contribution in [0, 0.1) is 5.92 Å². The van der Waals surface area contributed by atoms with Crippen LogP contribution in [0.15, 0.2) is 30.3 Å². The summed E-state index contributed by atoms with van der Waals surface area (Å²) >= 11 is 0. The van der Waals surface area contributed by atoms with Crippen LogP contribution in [0.25, 0.3) is 0 Å². The molecule has 3 nitrogen and oxygen atoms in total. The summed E-state index contributed by atoms with van der Waals surface area (Å²) < 4.78 is 0. The predicted molar refractivity (Wildman–Crippen MR) is 75.7 cm³/mol. The van der Waals surface area contributed by atoms with Crippen LogP contribution >= 0.6 is 0 Å². The molecule has 2 rings (SSSR count). The third-order valence-corrected chi connectivity index (χ3v) is 4.04. The molecule has 1 aromatic carbocycles. The Kier molecular flexibility index (Phi) is 4.97. The Balaban J connectivity index is 1.83. The average Bonchev–Trinajstić information content (AvgIpc) is 2.46. The molecule has 0 bridgehead atoms. The molecule has 19 heavy (non-hydrogen) atoms. The van der Waals surface area contributed by atoms with Crippen LogP contribution in [0.3, 0.4) is 0 Å². The lowest BCUT2D eigenvalue weighted by Gasteiger charge is -2.35. The monoisotopic (exact) mass is 261 g/mol. The lowest BCUT2D eigenvalue weighted by Crippen LogP contribution is -2.45. The number of rotatable bonds is 4. The molecule has 1 N–H and O–H groups in total. The fourth-order valence-electron chi connectivity index (χ4n) is 2.70. The molecule has 0 radical (unpaired) electrons. The fraction of sp³-hybridized carbons (Fsp3) is 0.562. The topological polar surface area (TPSA) is 40.5 Å². The van der Waals surface area contributed by atoms with Gasteiger partial charge in [-0.1, -0.05) is 37.3 Å². The average molecular weight is 261 g/mol. The molecule has 2 atom stereocenters. The highest BCUT2D eigenvalue weighted by molar-refractivity contribution is 5.76. The van der Waals surface area contributed by atoms with Crippen molar-refractivity contribution in [1.29, 1.82) is 0 Å². The second-order valence-corrected chi connectivity index (χ2v) is 5.35. The summed E-state index contributed by atoms with van der Waals surface area (Å²) in [5.41, 5.74) is 1.21. The number of carbonyl (C=O) groups excluding carboxylic acids is 1. The quantitative estimate of drug-likeness (QED) is 0.903. The van der Waals surface area contributed by atoms with Crippen LogP contribution in [-0.4, -0.2) is 35.1 Å². The molecule has 0 spiro atoms. The Labute approximate surface area is 115 Å². The van der Waals surface area contributed by atoms with Crippen LogP contribution in [0.1, 0.15) is 31.7 Å². The zero-order valence-electron chi connectivity index (χ0n) is 11.6. The lowest BCUT2D eigenvalue weighted by atomic mass is 9.92. The first-order valence-electron chi connectivity index (χ1n) is 7.20. The first-order chi connectivity index (χ1) is 9.20. The smallest absolute Gasteiger partial charge is 0.222 e. The molecule has 0 saturated carbocycles. The lowest BCUT2D eigenvalue weighted by molar-refractivity contribution is -0.135. The highest BCUT2D eigenvalue weighted by Gasteiger charge is 2.28.